The van der Waals surface area contributed by atoms with Crippen molar-refractivity contribution in [1.29, 1.82) is 0 Å². The Labute approximate surface area is 125 Å². The largest absolute Gasteiger partial charge is 0.481 e. The second-order valence-electron chi connectivity index (χ2n) is 5.57. The molecule has 4 nitrogen and oxygen atoms in total. The molecular weight excluding hydrogens is 271 g/mol. The molecule has 116 valence electrons. The van der Waals surface area contributed by atoms with Crippen LogP contribution in [0.15, 0.2) is 24.3 Å². The van der Waals surface area contributed by atoms with Gasteiger partial charge in [-0.1, -0.05) is 6.07 Å². The van der Waals surface area contributed by atoms with Crippen LogP contribution in [0, 0.1) is 11.7 Å². The molecule has 2 rings (SSSR count). The number of likely N-dealkylation sites (tertiary alicyclic amines) is 1. The second kappa shape index (κ2) is 7.41. The van der Waals surface area contributed by atoms with Crippen LogP contribution < -0.4 is 10.1 Å². The second-order valence-corrected chi connectivity index (χ2v) is 5.57. The third kappa shape index (κ3) is 4.43. The average molecular weight is 294 g/mol. The number of amides is 1. The van der Waals surface area contributed by atoms with Crippen molar-refractivity contribution >= 4 is 5.91 Å². The van der Waals surface area contributed by atoms with Crippen molar-refractivity contribution in [2.24, 2.45) is 5.92 Å². The highest BCUT2D eigenvalue weighted by molar-refractivity contribution is 5.81. The Kier molecular flexibility index (Phi) is 5.56. The molecule has 1 amide bonds. The van der Waals surface area contributed by atoms with Gasteiger partial charge in [0.1, 0.15) is 11.6 Å². The molecule has 2 atom stereocenters. The zero-order valence-electron chi connectivity index (χ0n) is 12.6. The van der Waals surface area contributed by atoms with Crippen molar-refractivity contribution in [3.05, 3.63) is 30.1 Å². The summed E-state index contributed by atoms with van der Waals surface area (Å²) in [6.07, 6.45) is 1.56. The highest BCUT2D eigenvalue weighted by atomic mass is 19.1. The van der Waals surface area contributed by atoms with Crippen LogP contribution in [0.4, 0.5) is 4.39 Å². The average Bonchev–Trinajstić information content (AvgIpc) is 2.47. The molecule has 0 aromatic heterocycles. The lowest BCUT2D eigenvalue weighted by Crippen LogP contribution is -2.47. The maximum atomic E-state index is 13.1. The fraction of sp³-hybridized carbons (Fsp3) is 0.562. The number of hydrogen-bond donors (Lipinski definition) is 1. The van der Waals surface area contributed by atoms with Gasteiger partial charge < -0.3 is 15.0 Å². The molecule has 1 heterocycles. The quantitative estimate of drug-likeness (QED) is 0.903. The summed E-state index contributed by atoms with van der Waals surface area (Å²) in [6.45, 7) is 4.17. The van der Waals surface area contributed by atoms with E-state index in [1.807, 2.05) is 11.9 Å². The first-order chi connectivity index (χ1) is 10.1. The summed E-state index contributed by atoms with van der Waals surface area (Å²) in [5, 5.41) is 3.16. The van der Waals surface area contributed by atoms with E-state index in [2.05, 4.69) is 5.32 Å². The Morgan fingerprint density at radius 3 is 3.10 bits per heavy atom. The molecule has 2 unspecified atom stereocenters. The summed E-state index contributed by atoms with van der Waals surface area (Å²) in [4.78, 5) is 14.3. The van der Waals surface area contributed by atoms with Crippen LogP contribution in [0.2, 0.25) is 0 Å². The third-order valence-electron chi connectivity index (χ3n) is 3.78. The standard InChI is InChI=1S/C16H23FN2O2/c1-12(21-15-7-3-6-14(17)9-15)16(20)19-8-4-5-13(11-19)10-18-2/h3,6-7,9,12-13,18H,4-5,8,10-11H2,1-2H3. The highest BCUT2D eigenvalue weighted by Gasteiger charge is 2.27. The predicted molar refractivity (Wildman–Crippen MR) is 79.7 cm³/mol. The molecule has 0 spiro atoms. The number of ether oxygens (including phenoxy) is 1. The first-order valence-electron chi connectivity index (χ1n) is 7.45. The van der Waals surface area contributed by atoms with Crippen molar-refractivity contribution in [2.45, 2.75) is 25.9 Å². The lowest BCUT2D eigenvalue weighted by atomic mass is 9.97. The molecule has 0 radical (unpaired) electrons. The summed E-state index contributed by atoms with van der Waals surface area (Å²) in [6, 6.07) is 5.88. The number of nitrogens with zero attached hydrogens (tertiary/aromatic N) is 1. The summed E-state index contributed by atoms with van der Waals surface area (Å²) >= 11 is 0. The van der Waals surface area contributed by atoms with E-state index in [4.69, 9.17) is 4.74 Å². The van der Waals surface area contributed by atoms with E-state index in [-0.39, 0.29) is 11.7 Å². The van der Waals surface area contributed by atoms with Gasteiger partial charge in [-0.05, 0) is 51.4 Å². The Hall–Kier alpha value is -1.62. The van der Waals surface area contributed by atoms with Crippen LogP contribution in [-0.2, 0) is 4.79 Å². The number of carbonyl (C=O) groups excluding carboxylic acids is 1. The SMILES string of the molecule is CNCC1CCCN(C(=O)C(C)Oc2cccc(F)c2)C1. The van der Waals surface area contributed by atoms with Crippen LogP contribution >= 0.6 is 0 Å². The van der Waals surface area contributed by atoms with Gasteiger partial charge in [-0.15, -0.1) is 0 Å². The Bertz CT molecular complexity index is 479. The fourth-order valence-corrected chi connectivity index (χ4v) is 2.77. The smallest absolute Gasteiger partial charge is 0.263 e. The molecule has 1 aromatic rings. The van der Waals surface area contributed by atoms with Gasteiger partial charge in [0.05, 0.1) is 0 Å². The van der Waals surface area contributed by atoms with Crippen molar-refractivity contribution < 1.29 is 13.9 Å². The normalized spacial score (nSPS) is 20.1. The minimum Gasteiger partial charge on any atom is -0.481 e. The number of halogens is 1. The molecule has 1 aliphatic rings. The van der Waals surface area contributed by atoms with Gasteiger partial charge in [0.2, 0.25) is 0 Å². The lowest BCUT2D eigenvalue weighted by Gasteiger charge is -2.34. The van der Waals surface area contributed by atoms with E-state index in [9.17, 15) is 9.18 Å². The van der Waals surface area contributed by atoms with Gasteiger partial charge in [0, 0.05) is 19.2 Å². The van der Waals surface area contributed by atoms with E-state index in [1.54, 1.807) is 19.1 Å². The maximum Gasteiger partial charge on any atom is 0.263 e. The summed E-state index contributed by atoms with van der Waals surface area (Å²) in [7, 11) is 1.93. The number of piperidine rings is 1. The van der Waals surface area contributed by atoms with Gasteiger partial charge in [0.15, 0.2) is 6.10 Å². The van der Waals surface area contributed by atoms with Crippen LogP contribution in [-0.4, -0.2) is 43.6 Å². The topological polar surface area (TPSA) is 41.6 Å². The molecule has 1 fully saturated rings. The van der Waals surface area contributed by atoms with Crippen LogP contribution in [0.3, 0.4) is 0 Å². The monoisotopic (exact) mass is 294 g/mol. The summed E-state index contributed by atoms with van der Waals surface area (Å²) in [5.41, 5.74) is 0. The molecule has 1 N–H and O–H groups in total. The Morgan fingerprint density at radius 2 is 2.38 bits per heavy atom. The first kappa shape index (κ1) is 15.8. The first-order valence-corrected chi connectivity index (χ1v) is 7.45. The van der Waals surface area contributed by atoms with Crippen molar-refractivity contribution in [3.63, 3.8) is 0 Å². The number of rotatable bonds is 5. The third-order valence-corrected chi connectivity index (χ3v) is 3.78. The van der Waals surface area contributed by atoms with Gasteiger partial charge in [-0.25, -0.2) is 4.39 Å². The predicted octanol–water partition coefficient (Wildman–Crippen LogP) is 2.05. The summed E-state index contributed by atoms with van der Waals surface area (Å²) in [5.74, 6) is 0.493. The minimum atomic E-state index is -0.597. The number of nitrogens with one attached hydrogen (secondary N) is 1. The molecule has 5 heteroatoms. The molecule has 1 aliphatic heterocycles. The lowest BCUT2D eigenvalue weighted by molar-refractivity contribution is -0.139. The van der Waals surface area contributed by atoms with E-state index in [0.29, 0.717) is 11.7 Å². The van der Waals surface area contributed by atoms with Gasteiger partial charge in [-0.3, -0.25) is 4.79 Å². The number of carbonyl (C=O) groups is 1. The number of benzene rings is 1. The highest BCUT2D eigenvalue weighted by Crippen LogP contribution is 2.19. The minimum absolute atomic E-state index is 0.0277. The molecular formula is C16H23FN2O2. The molecule has 0 saturated carbocycles. The molecule has 0 aliphatic carbocycles. The Morgan fingerprint density at radius 1 is 1.57 bits per heavy atom. The van der Waals surface area contributed by atoms with Crippen LogP contribution in [0.5, 0.6) is 5.75 Å². The van der Waals surface area contributed by atoms with Gasteiger partial charge in [0.25, 0.3) is 5.91 Å². The van der Waals surface area contributed by atoms with E-state index in [0.717, 1.165) is 32.5 Å². The summed E-state index contributed by atoms with van der Waals surface area (Å²) < 4.78 is 18.7. The molecule has 1 aromatic carbocycles. The van der Waals surface area contributed by atoms with Crippen LogP contribution in [0.1, 0.15) is 19.8 Å². The van der Waals surface area contributed by atoms with Crippen molar-refractivity contribution in [3.8, 4) is 5.75 Å². The van der Waals surface area contributed by atoms with Gasteiger partial charge >= 0.3 is 0 Å². The maximum absolute atomic E-state index is 13.1. The van der Waals surface area contributed by atoms with Gasteiger partial charge in [-0.2, -0.15) is 0 Å². The molecule has 0 bridgehead atoms. The van der Waals surface area contributed by atoms with Crippen molar-refractivity contribution in [1.82, 2.24) is 10.2 Å². The van der Waals surface area contributed by atoms with E-state index in [1.165, 1.54) is 12.1 Å². The van der Waals surface area contributed by atoms with Crippen LogP contribution in [0.25, 0.3) is 0 Å². The zero-order valence-corrected chi connectivity index (χ0v) is 12.6. The fourth-order valence-electron chi connectivity index (χ4n) is 2.77. The van der Waals surface area contributed by atoms with Crippen molar-refractivity contribution in [2.75, 3.05) is 26.7 Å². The zero-order chi connectivity index (χ0) is 15.2. The molecule has 1 saturated heterocycles. The van der Waals surface area contributed by atoms with E-state index >= 15 is 0 Å². The molecule has 21 heavy (non-hydrogen) atoms. The number of hydrogen-bond acceptors (Lipinski definition) is 3. The van der Waals surface area contributed by atoms with E-state index < -0.39 is 6.10 Å². The Balaban J connectivity index is 1.92.